The predicted molar refractivity (Wildman–Crippen MR) is 90.3 cm³/mol. The molecule has 114 valence electrons. The van der Waals surface area contributed by atoms with Gasteiger partial charge in [-0.2, -0.15) is 0 Å². The maximum Gasteiger partial charge on any atom is 0.264 e. The number of hydrogen-bond acceptors (Lipinski definition) is 4. The average Bonchev–Trinajstić information content (AvgIpc) is 2.49. The zero-order valence-corrected chi connectivity index (χ0v) is 13.4. The van der Waals surface area contributed by atoms with Gasteiger partial charge in [-0.15, -0.1) is 0 Å². The highest BCUT2D eigenvalue weighted by Crippen LogP contribution is 2.17. The van der Waals surface area contributed by atoms with Crippen LogP contribution in [0.3, 0.4) is 0 Å². The minimum absolute atomic E-state index is 0.132. The van der Waals surface area contributed by atoms with Crippen LogP contribution in [0.4, 0.5) is 5.69 Å². The second kappa shape index (κ2) is 7.72. The van der Waals surface area contributed by atoms with Gasteiger partial charge in [-0.05, 0) is 42.9 Å². The number of aromatic nitrogens is 1. The SMILES string of the molecule is Cc1ccccc1OCC(=O)NC(=S)Nc1cccnc1Cl. The summed E-state index contributed by atoms with van der Waals surface area (Å²) in [6.45, 7) is 1.78. The van der Waals surface area contributed by atoms with E-state index < -0.39 is 0 Å². The quantitative estimate of drug-likeness (QED) is 0.664. The van der Waals surface area contributed by atoms with Crippen molar-refractivity contribution in [3.05, 3.63) is 53.3 Å². The Morgan fingerprint density at radius 1 is 1.32 bits per heavy atom. The highest BCUT2D eigenvalue weighted by Gasteiger charge is 2.08. The molecule has 0 saturated carbocycles. The molecule has 1 aromatic carbocycles. The van der Waals surface area contributed by atoms with Crippen molar-refractivity contribution in [3.63, 3.8) is 0 Å². The third-order valence-electron chi connectivity index (χ3n) is 2.71. The van der Waals surface area contributed by atoms with E-state index in [1.165, 1.54) is 0 Å². The summed E-state index contributed by atoms with van der Waals surface area (Å²) in [4.78, 5) is 15.7. The van der Waals surface area contributed by atoms with Crippen LogP contribution in [0, 0.1) is 6.92 Å². The number of hydrogen-bond donors (Lipinski definition) is 2. The molecule has 0 radical (unpaired) electrons. The molecule has 0 aliphatic rings. The molecule has 0 fully saturated rings. The lowest BCUT2D eigenvalue weighted by Gasteiger charge is -2.11. The van der Waals surface area contributed by atoms with E-state index in [-0.39, 0.29) is 22.8 Å². The fourth-order valence-corrected chi connectivity index (χ4v) is 2.05. The Kier molecular flexibility index (Phi) is 5.68. The van der Waals surface area contributed by atoms with Gasteiger partial charge in [0.25, 0.3) is 5.91 Å². The number of para-hydroxylation sites is 1. The van der Waals surface area contributed by atoms with E-state index in [1.807, 2.05) is 25.1 Å². The molecular weight excluding hydrogens is 322 g/mol. The van der Waals surface area contributed by atoms with Crippen molar-refractivity contribution in [2.45, 2.75) is 6.92 Å². The van der Waals surface area contributed by atoms with Crippen LogP contribution in [-0.4, -0.2) is 22.6 Å². The Morgan fingerprint density at radius 2 is 2.09 bits per heavy atom. The van der Waals surface area contributed by atoms with Gasteiger partial charge in [0.15, 0.2) is 16.9 Å². The predicted octanol–water partition coefficient (Wildman–Crippen LogP) is 2.94. The minimum atomic E-state index is -0.360. The van der Waals surface area contributed by atoms with Crippen LogP contribution in [0.25, 0.3) is 0 Å². The summed E-state index contributed by atoms with van der Waals surface area (Å²) in [5.41, 5.74) is 1.48. The zero-order valence-electron chi connectivity index (χ0n) is 11.8. The molecule has 2 aromatic rings. The van der Waals surface area contributed by atoms with E-state index in [0.29, 0.717) is 11.4 Å². The normalized spacial score (nSPS) is 9.91. The van der Waals surface area contributed by atoms with Gasteiger partial charge in [0.1, 0.15) is 5.75 Å². The van der Waals surface area contributed by atoms with Crippen LogP contribution in [0.2, 0.25) is 5.15 Å². The third-order valence-corrected chi connectivity index (χ3v) is 3.22. The van der Waals surface area contributed by atoms with Crippen molar-refractivity contribution in [2.24, 2.45) is 0 Å². The summed E-state index contributed by atoms with van der Waals surface area (Å²) in [6, 6.07) is 10.9. The van der Waals surface area contributed by atoms with Gasteiger partial charge in [0.05, 0.1) is 5.69 Å². The van der Waals surface area contributed by atoms with Gasteiger partial charge in [-0.25, -0.2) is 4.98 Å². The van der Waals surface area contributed by atoms with E-state index in [4.69, 9.17) is 28.6 Å². The largest absolute Gasteiger partial charge is 0.483 e. The monoisotopic (exact) mass is 335 g/mol. The van der Waals surface area contributed by atoms with Crippen LogP contribution >= 0.6 is 23.8 Å². The Hall–Kier alpha value is -2.18. The molecule has 22 heavy (non-hydrogen) atoms. The highest BCUT2D eigenvalue weighted by atomic mass is 35.5. The Morgan fingerprint density at radius 3 is 2.82 bits per heavy atom. The number of thiocarbonyl (C=S) groups is 1. The van der Waals surface area contributed by atoms with Gasteiger partial charge in [-0.3, -0.25) is 10.1 Å². The van der Waals surface area contributed by atoms with Gasteiger partial charge in [0, 0.05) is 6.20 Å². The lowest BCUT2D eigenvalue weighted by Crippen LogP contribution is -2.37. The number of halogens is 1. The van der Waals surface area contributed by atoms with Crippen LogP contribution in [0.5, 0.6) is 5.75 Å². The third kappa shape index (κ3) is 4.68. The van der Waals surface area contributed by atoms with E-state index in [9.17, 15) is 4.79 Å². The molecule has 0 bridgehead atoms. The molecule has 1 amide bonds. The van der Waals surface area contributed by atoms with Crippen molar-refractivity contribution >= 4 is 40.5 Å². The molecule has 2 N–H and O–H groups in total. The van der Waals surface area contributed by atoms with Gasteiger partial charge in [-0.1, -0.05) is 29.8 Å². The molecule has 0 saturated heterocycles. The number of pyridine rings is 1. The van der Waals surface area contributed by atoms with Crippen LogP contribution < -0.4 is 15.4 Å². The molecule has 0 aliphatic carbocycles. The summed E-state index contributed by atoms with van der Waals surface area (Å²) in [6.07, 6.45) is 1.56. The standard InChI is InChI=1S/C15H14ClN3O2S/c1-10-5-2-3-7-12(10)21-9-13(20)19-15(22)18-11-6-4-8-17-14(11)16/h2-8H,9H2,1H3,(H2,18,19,20,22). The Bertz CT molecular complexity index is 694. The Labute approximate surface area is 138 Å². The second-order valence-electron chi connectivity index (χ2n) is 4.40. The molecule has 2 rings (SSSR count). The first-order valence-electron chi connectivity index (χ1n) is 6.46. The molecule has 0 unspecified atom stereocenters. The molecule has 0 spiro atoms. The van der Waals surface area contributed by atoms with Crippen LogP contribution in [0.15, 0.2) is 42.6 Å². The number of carbonyl (C=O) groups is 1. The number of nitrogens with zero attached hydrogens (tertiary/aromatic N) is 1. The van der Waals surface area contributed by atoms with Crippen molar-refractivity contribution in [2.75, 3.05) is 11.9 Å². The summed E-state index contributed by atoms with van der Waals surface area (Å²) in [7, 11) is 0. The summed E-state index contributed by atoms with van der Waals surface area (Å²) < 4.78 is 5.44. The van der Waals surface area contributed by atoms with E-state index in [0.717, 1.165) is 5.56 Å². The van der Waals surface area contributed by atoms with Crippen molar-refractivity contribution in [3.8, 4) is 5.75 Å². The topological polar surface area (TPSA) is 63.2 Å². The van der Waals surface area contributed by atoms with Crippen molar-refractivity contribution in [1.82, 2.24) is 10.3 Å². The molecule has 0 aliphatic heterocycles. The average molecular weight is 336 g/mol. The van der Waals surface area contributed by atoms with Crippen LogP contribution in [0.1, 0.15) is 5.56 Å². The van der Waals surface area contributed by atoms with Crippen molar-refractivity contribution < 1.29 is 9.53 Å². The molecule has 5 nitrogen and oxygen atoms in total. The van der Waals surface area contributed by atoms with Gasteiger partial charge < -0.3 is 10.1 Å². The van der Waals surface area contributed by atoms with Crippen molar-refractivity contribution in [1.29, 1.82) is 0 Å². The summed E-state index contributed by atoms with van der Waals surface area (Å²) in [5.74, 6) is 0.299. The number of aryl methyl sites for hydroxylation is 1. The van der Waals surface area contributed by atoms with E-state index in [1.54, 1.807) is 24.4 Å². The number of nitrogens with one attached hydrogen (secondary N) is 2. The van der Waals surface area contributed by atoms with Crippen LogP contribution in [-0.2, 0) is 4.79 Å². The van der Waals surface area contributed by atoms with Gasteiger partial charge in [0.2, 0.25) is 0 Å². The summed E-state index contributed by atoms with van der Waals surface area (Å²) in [5, 5.41) is 5.72. The molecular formula is C15H14ClN3O2S. The molecule has 1 aromatic heterocycles. The van der Waals surface area contributed by atoms with E-state index in [2.05, 4.69) is 15.6 Å². The number of rotatable bonds is 4. The number of ether oxygens (including phenoxy) is 1. The second-order valence-corrected chi connectivity index (χ2v) is 5.16. The Balaban J connectivity index is 1.83. The number of carbonyl (C=O) groups excluding carboxylic acids is 1. The van der Waals surface area contributed by atoms with E-state index >= 15 is 0 Å². The first-order chi connectivity index (χ1) is 10.6. The smallest absolute Gasteiger partial charge is 0.264 e. The highest BCUT2D eigenvalue weighted by molar-refractivity contribution is 7.80. The fraction of sp³-hybridized carbons (Fsp3) is 0.133. The summed E-state index contributed by atoms with van der Waals surface area (Å²) >= 11 is 10.9. The number of amides is 1. The first-order valence-corrected chi connectivity index (χ1v) is 7.24. The molecule has 7 heteroatoms. The fourth-order valence-electron chi connectivity index (χ4n) is 1.66. The lowest BCUT2D eigenvalue weighted by atomic mass is 10.2. The molecule has 0 atom stereocenters. The molecule has 1 heterocycles. The zero-order chi connectivity index (χ0) is 15.9. The van der Waals surface area contributed by atoms with Gasteiger partial charge >= 0.3 is 0 Å². The minimum Gasteiger partial charge on any atom is -0.483 e. The number of anilines is 1. The maximum absolute atomic E-state index is 11.8. The number of benzene rings is 1. The first kappa shape index (κ1) is 16.2. The maximum atomic E-state index is 11.8. The lowest BCUT2D eigenvalue weighted by molar-refractivity contribution is -0.121.